The quantitative estimate of drug-likeness (QED) is 0.699. The molecule has 1 aliphatic rings. The highest BCUT2D eigenvalue weighted by Crippen LogP contribution is 2.24. The molecular weight excluding hydrogens is 364 g/mol. The normalized spacial score (nSPS) is 17.5. The molecule has 1 aliphatic heterocycles. The SMILES string of the molecule is CC1CCCN(c2ccc(C(C)NC(=S)Nc3ccc(CC#N)cc3)cc2)C1. The zero-order chi connectivity index (χ0) is 19.9. The summed E-state index contributed by atoms with van der Waals surface area (Å²) in [4.78, 5) is 2.48. The Morgan fingerprint density at radius 1 is 1.21 bits per heavy atom. The van der Waals surface area contributed by atoms with Crippen LogP contribution in [0.2, 0.25) is 0 Å². The van der Waals surface area contributed by atoms with Crippen molar-refractivity contribution in [3.8, 4) is 6.07 Å². The standard InChI is InChI=1S/C23H28N4S/c1-17-4-3-15-27(16-17)22-11-7-20(8-12-22)18(2)25-23(28)26-21-9-5-19(6-10-21)13-14-24/h5-12,17-18H,3-4,13,15-16H2,1-2H3,(H2,25,26,28). The number of anilines is 2. The van der Waals surface area contributed by atoms with E-state index in [4.69, 9.17) is 17.5 Å². The fourth-order valence-electron chi connectivity index (χ4n) is 3.64. The number of thiocarbonyl (C=S) groups is 1. The third-order valence-electron chi connectivity index (χ3n) is 5.26. The topological polar surface area (TPSA) is 51.1 Å². The van der Waals surface area contributed by atoms with Gasteiger partial charge in [0.05, 0.1) is 18.5 Å². The lowest BCUT2D eigenvalue weighted by molar-refractivity contribution is 0.447. The van der Waals surface area contributed by atoms with Crippen LogP contribution in [0.1, 0.15) is 43.9 Å². The first-order valence-corrected chi connectivity index (χ1v) is 10.3. The molecule has 0 bridgehead atoms. The molecular formula is C23H28N4S. The average molecular weight is 393 g/mol. The van der Waals surface area contributed by atoms with E-state index in [1.165, 1.54) is 24.1 Å². The third kappa shape index (κ3) is 5.46. The van der Waals surface area contributed by atoms with Gasteiger partial charge in [0, 0.05) is 24.5 Å². The van der Waals surface area contributed by atoms with Crippen LogP contribution in [0.25, 0.3) is 0 Å². The van der Waals surface area contributed by atoms with Gasteiger partial charge >= 0.3 is 0 Å². The molecule has 0 saturated carbocycles. The number of nitrogens with one attached hydrogen (secondary N) is 2. The highest BCUT2D eigenvalue weighted by Gasteiger charge is 2.17. The summed E-state index contributed by atoms with van der Waals surface area (Å²) in [6.45, 7) is 6.74. The summed E-state index contributed by atoms with van der Waals surface area (Å²) < 4.78 is 0. The molecule has 4 nitrogen and oxygen atoms in total. The van der Waals surface area contributed by atoms with E-state index < -0.39 is 0 Å². The zero-order valence-corrected chi connectivity index (χ0v) is 17.4. The molecule has 2 unspecified atom stereocenters. The zero-order valence-electron chi connectivity index (χ0n) is 16.6. The Balaban J connectivity index is 1.54. The number of benzene rings is 2. The number of hydrogen-bond donors (Lipinski definition) is 2. The van der Waals surface area contributed by atoms with Crippen molar-refractivity contribution in [2.24, 2.45) is 5.92 Å². The second-order valence-corrected chi connectivity index (χ2v) is 8.05. The van der Waals surface area contributed by atoms with Gasteiger partial charge in [-0.25, -0.2) is 0 Å². The number of hydrogen-bond acceptors (Lipinski definition) is 3. The molecule has 0 aliphatic carbocycles. The molecule has 28 heavy (non-hydrogen) atoms. The number of nitriles is 1. The molecule has 0 aromatic heterocycles. The van der Waals surface area contributed by atoms with Crippen LogP contribution in [0.15, 0.2) is 48.5 Å². The Morgan fingerprint density at radius 3 is 2.57 bits per heavy atom. The highest BCUT2D eigenvalue weighted by atomic mass is 32.1. The van der Waals surface area contributed by atoms with Gasteiger partial charge in [-0.3, -0.25) is 0 Å². The van der Waals surface area contributed by atoms with Crippen molar-refractivity contribution in [2.45, 2.75) is 39.2 Å². The third-order valence-corrected chi connectivity index (χ3v) is 5.48. The van der Waals surface area contributed by atoms with Gasteiger partial charge in [0.1, 0.15) is 0 Å². The maximum atomic E-state index is 8.75. The van der Waals surface area contributed by atoms with Crippen LogP contribution in [0.3, 0.4) is 0 Å². The van der Waals surface area contributed by atoms with E-state index in [0.717, 1.165) is 30.3 Å². The van der Waals surface area contributed by atoms with Crippen LogP contribution in [-0.4, -0.2) is 18.2 Å². The summed E-state index contributed by atoms with van der Waals surface area (Å²) in [7, 11) is 0. The Morgan fingerprint density at radius 2 is 1.93 bits per heavy atom. The van der Waals surface area contributed by atoms with Crippen LogP contribution in [0.4, 0.5) is 11.4 Å². The highest BCUT2D eigenvalue weighted by molar-refractivity contribution is 7.80. The second-order valence-electron chi connectivity index (χ2n) is 7.64. The Bertz CT molecular complexity index is 823. The lowest BCUT2D eigenvalue weighted by atomic mass is 9.99. The smallest absolute Gasteiger partial charge is 0.171 e. The maximum absolute atomic E-state index is 8.75. The minimum atomic E-state index is 0.118. The summed E-state index contributed by atoms with van der Waals surface area (Å²) in [5.41, 5.74) is 4.44. The predicted octanol–water partition coefficient (Wildman–Crippen LogP) is 5.04. The molecule has 0 amide bonds. The van der Waals surface area contributed by atoms with Gasteiger partial charge in [0.25, 0.3) is 0 Å². The van der Waals surface area contributed by atoms with Gasteiger partial charge in [-0.05, 0) is 73.3 Å². The molecule has 2 aromatic carbocycles. The van der Waals surface area contributed by atoms with Gasteiger partial charge in [-0.15, -0.1) is 0 Å². The van der Waals surface area contributed by atoms with E-state index in [2.05, 4.69) is 59.7 Å². The van der Waals surface area contributed by atoms with Crippen molar-refractivity contribution in [3.05, 3.63) is 59.7 Å². The first-order chi connectivity index (χ1) is 13.5. The van der Waals surface area contributed by atoms with Crippen molar-refractivity contribution in [2.75, 3.05) is 23.3 Å². The Labute approximate surface area is 173 Å². The molecule has 2 aromatic rings. The molecule has 1 heterocycles. The van der Waals surface area contributed by atoms with Crippen molar-refractivity contribution in [1.29, 1.82) is 5.26 Å². The number of rotatable bonds is 5. The first-order valence-electron chi connectivity index (χ1n) is 9.93. The van der Waals surface area contributed by atoms with Gasteiger partial charge in [0.15, 0.2) is 5.11 Å². The predicted molar refractivity (Wildman–Crippen MR) is 121 cm³/mol. The maximum Gasteiger partial charge on any atom is 0.171 e. The Hall–Kier alpha value is -2.58. The van der Waals surface area contributed by atoms with Crippen LogP contribution in [-0.2, 0) is 6.42 Å². The van der Waals surface area contributed by atoms with Crippen molar-refractivity contribution in [1.82, 2.24) is 5.32 Å². The molecule has 1 saturated heterocycles. The summed E-state index contributed by atoms with van der Waals surface area (Å²) in [5, 5.41) is 15.9. The molecule has 3 rings (SSSR count). The minimum Gasteiger partial charge on any atom is -0.371 e. The van der Waals surface area contributed by atoms with E-state index in [0.29, 0.717) is 11.5 Å². The summed E-state index contributed by atoms with van der Waals surface area (Å²) >= 11 is 5.45. The summed E-state index contributed by atoms with van der Waals surface area (Å²) in [6, 6.07) is 18.9. The van der Waals surface area contributed by atoms with Crippen molar-refractivity contribution >= 4 is 28.7 Å². The van der Waals surface area contributed by atoms with Crippen LogP contribution in [0, 0.1) is 17.2 Å². The van der Waals surface area contributed by atoms with Crippen LogP contribution in [0.5, 0.6) is 0 Å². The molecule has 0 spiro atoms. The largest absolute Gasteiger partial charge is 0.371 e. The first kappa shape index (κ1) is 20.2. The second kappa shape index (κ2) is 9.57. The fourth-order valence-corrected chi connectivity index (χ4v) is 3.94. The Kier molecular flexibility index (Phi) is 6.89. The van der Waals surface area contributed by atoms with E-state index in [1.54, 1.807) is 0 Å². The molecule has 2 N–H and O–H groups in total. The molecule has 5 heteroatoms. The van der Waals surface area contributed by atoms with Gasteiger partial charge < -0.3 is 15.5 Å². The van der Waals surface area contributed by atoms with Crippen molar-refractivity contribution < 1.29 is 0 Å². The van der Waals surface area contributed by atoms with Crippen LogP contribution < -0.4 is 15.5 Å². The average Bonchev–Trinajstić information content (AvgIpc) is 2.70. The van der Waals surface area contributed by atoms with Crippen LogP contribution >= 0.6 is 12.2 Å². The lowest BCUT2D eigenvalue weighted by Crippen LogP contribution is -2.34. The summed E-state index contributed by atoms with van der Waals surface area (Å²) in [6.07, 6.45) is 3.03. The van der Waals surface area contributed by atoms with Gasteiger partial charge in [0.2, 0.25) is 0 Å². The minimum absolute atomic E-state index is 0.118. The monoisotopic (exact) mass is 392 g/mol. The molecule has 1 fully saturated rings. The van der Waals surface area contributed by atoms with E-state index in [9.17, 15) is 0 Å². The molecule has 0 radical (unpaired) electrons. The van der Waals surface area contributed by atoms with Gasteiger partial charge in [-0.2, -0.15) is 5.26 Å². The van der Waals surface area contributed by atoms with Crippen molar-refractivity contribution in [3.63, 3.8) is 0 Å². The lowest BCUT2D eigenvalue weighted by Gasteiger charge is -2.33. The van der Waals surface area contributed by atoms with E-state index in [1.807, 2.05) is 24.3 Å². The molecule has 146 valence electrons. The van der Waals surface area contributed by atoms with Gasteiger partial charge in [-0.1, -0.05) is 31.2 Å². The fraction of sp³-hybridized carbons (Fsp3) is 0.391. The molecule has 2 atom stereocenters. The summed E-state index contributed by atoms with van der Waals surface area (Å²) in [5.74, 6) is 0.770. The van der Waals surface area contributed by atoms with E-state index >= 15 is 0 Å². The number of nitrogens with zero attached hydrogens (tertiary/aromatic N) is 2. The number of piperidine rings is 1. The van der Waals surface area contributed by atoms with E-state index in [-0.39, 0.29) is 6.04 Å².